The highest BCUT2D eigenvalue weighted by atomic mass is 32.2. The molecule has 1 aromatic carbocycles. The Balaban J connectivity index is 1.69. The molecule has 0 aliphatic carbocycles. The van der Waals surface area contributed by atoms with Crippen LogP contribution in [0.15, 0.2) is 53.6 Å². The van der Waals surface area contributed by atoms with Crippen molar-refractivity contribution in [3.63, 3.8) is 0 Å². The normalized spacial score (nSPS) is 17.7. The summed E-state index contributed by atoms with van der Waals surface area (Å²) in [5.41, 5.74) is 1.12. The largest absolute Gasteiger partial charge is 0.380 e. The van der Waals surface area contributed by atoms with Crippen LogP contribution in [0.3, 0.4) is 0 Å². The Morgan fingerprint density at radius 1 is 1.07 bits per heavy atom. The number of aromatic nitrogens is 1. The second-order valence-electron chi connectivity index (χ2n) is 7.82. The molecule has 1 atom stereocenters. The van der Waals surface area contributed by atoms with Gasteiger partial charge in [-0.1, -0.05) is 18.2 Å². The van der Waals surface area contributed by atoms with E-state index in [1.165, 1.54) is 10.5 Å². The van der Waals surface area contributed by atoms with E-state index < -0.39 is 10.0 Å². The number of anilines is 2. The smallest absolute Gasteiger partial charge is 0.245 e. The van der Waals surface area contributed by atoms with Crippen molar-refractivity contribution < 1.29 is 8.42 Å². The molecule has 1 saturated heterocycles. The minimum absolute atomic E-state index is 0.104. The third kappa shape index (κ3) is 4.47. The average Bonchev–Trinajstić information content (AvgIpc) is 3.10. The van der Waals surface area contributed by atoms with E-state index in [-0.39, 0.29) is 17.0 Å². The van der Waals surface area contributed by atoms with E-state index in [4.69, 9.17) is 0 Å². The number of rotatable bonds is 7. The fourth-order valence-electron chi connectivity index (χ4n) is 3.84. The Hall–Kier alpha value is -2.12. The van der Waals surface area contributed by atoms with Crippen LogP contribution in [0, 0.1) is 0 Å². The molecule has 1 unspecified atom stereocenters. The SMILES string of the molecule is CC(C)N(C(C)C)S(=O)(=O)c1ccc(N2CCC(Nc3ccccc3)C2)nc1. The lowest BCUT2D eigenvalue weighted by Crippen LogP contribution is -2.42. The van der Waals surface area contributed by atoms with Crippen LogP contribution in [0.5, 0.6) is 0 Å². The van der Waals surface area contributed by atoms with Crippen LogP contribution in [-0.2, 0) is 10.0 Å². The molecule has 152 valence electrons. The standard InChI is InChI=1S/C21H30N4O2S/c1-16(2)25(17(3)4)28(26,27)20-10-11-21(22-14-20)24-13-12-19(15-24)23-18-8-6-5-7-9-18/h5-11,14,16-17,19,23H,12-13,15H2,1-4H3. The number of pyridine rings is 1. The summed E-state index contributed by atoms with van der Waals surface area (Å²) in [5, 5.41) is 3.54. The molecule has 0 amide bonds. The van der Waals surface area contributed by atoms with Crippen LogP contribution in [0.25, 0.3) is 0 Å². The Bertz CT molecular complexity index is 859. The summed E-state index contributed by atoms with van der Waals surface area (Å²) in [7, 11) is -3.55. The summed E-state index contributed by atoms with van der Waals surface area (Å²) in [4.78, 5) is 6.90. The van der Waals surface area contributed by atoms with Gasteiger partial charge in [-0.05, 0) is 58.4 Å². The van der Waals surface area contributed by atoms with Crippen molar-refractivity contribution in [1.29, 1.82) is 0 Å². The van der Waals surface area contributed by atoms with Gasteiger partial charge < -0.3 is 10.2 Å². The lowest BCUT2D eigenvalue weighted by atomic mass is 10.2. The fraction of sp³-hybridized carbons (Fsp3) is 0.476. The zero-order valence-electron chi connectivity index (χ0n) is 17.0. The molecule has 0 radical (unpaired) electrons. The van der Waals surface area contributed by atoms with E-state index in [0.717, 1.165) is 31.0 Å². The zero-order chi connectivity index (χ0) is 20.3. The van der Waals surface area contributed by atoms with E-state index >= 15 is 0 Å². The third-order valence-corrected chi connectivity index (χ3v) is 7.21. The van der Waals surface area contributed by atoms with Gasteiger partial charge in [0.1, 0.15) is 10.7 Å². The number of sulfonamides is 1. The number of hydrogen-bond acceptors (Lipinski definition) is 5. The molecule has 1 aromatic heterocycles. The van der Waals surface area contributed by atoms with Crippen molar-refractivity contribution in [2.75, 3.05) is 23.3 Å². The molecular formula is C21H30N4O2S. The van der Waals surface area contributed by atoms with Crippen LogP contribution < -0.4 is 10.2 Å². The van der Waals surface area contributed by atoms with Crippen LogP contribution >= 0.6 is 0 Å². The third-order valence-electron chi connectivity index (χ3n) is 4.97. The molecule has 1 aliphatic rings. The van der Waals surface area contributed by atoms with Crippen LogP contribution in [-0.4, -0.2) is 48.9 Å². The fourth-order valence-corrected chi connectivity index (χ4v) is 5.62. The molecule has 3 rings (SSSR count). The maximum absolute atomic E-state index is 13.0. The van der Waals surface area contributed by atoms with Gasteiger partial charge in [-0.2, -0.15) is 4.31 Å². The van der Waals surface area contributed by atoms with Crippen molar-refractivity contribution in [3.8, 4) is 0 Å². The highest BCUT2D eigenvalue weighted by Crippen LogP contribution is 2.24. The average molecular weight is 403 g/mol. The number of hydrogen-bond donors (Lipinski definition) is 1. The van der Waals surface area contributed by atoms with Gasteiger partial charge in [0.25, 0.3) is 0 Å². The monoisotopic (exact) mass is 402 g/mol. The second kappa shape index (κ2) is 8.49. The first-order valence-electron chi connectivity index (χ1n) is 9.85. The van der Waals surface area contributed by atoms with E-state index in [1.54, 1.807) is 6.07 Å². The minimum Gasteiger partial charge on any atom is -0.380 e. The molecule has 1 fully saturated rings. The van der Waals surface area contributed by atoms with E-state index in [9.17, 15) is 8.42 Å². The molecule has 6 nitrogen and oxygen atoms in total. The number of benzene rings is 1. The van der Waals surface area contributed by atoms with Crippen molar-refractivity contribution in [3.05, 3.63) is 48.7 Å². The first-order valence-corrected chi connectivity index (χ1v) is 11.3. The van der Waals surface area contributed by atoms with Crippen molar-refractivity contribution in [2.24, 2.45) is 0 Å². The van der Waals surface area contributed by atoms with Crippen molar-refractivity contribution >= 4 is 21.5 Å². The second-order valence-corrected chi connectivity index (χ2v) is 9.66. The summed E-state index contributed by atoms with van der Waals surface area (Å²) in [6.45, 7) is 9.31. The van der Waals surface area contributed by atoms with Gasteiger partial charge in [-0.25, -0.2) is 13.4 Å². The van der Waals surface area contributed by atoms with Gasteiger partial charge in [0.2, 0.25) is 10.0 Å². The molecule has 7 heteroatoms. The minimum atomic E-state index is -3.55. The highest BCUT2D eigenvalue weighted by molar-refractivity contribution is 7.89. The summed E-state index contributed by atoms with van der Waals surface area (Å²) in [5.74, 6) is 0.817. The van der Waals surface area contributed by atoms with Crippen LogP contribution in [0.4, 0.5) is 11.5 Å². The van der Waals surface area contributed by atoms with Gasteiger partial charge in [0, 0.05) is 43.1 Å². The molecular weight excluding hydrogens is 372 g/mol. The van der Waals surface area contributed by atoms with Gasteiger partial charge >= 0.3 is 0 Å². The zero-order valence-corrected chi connectivity index (χ0v) is 17.9. The van der Waals surface area contributed by atoms with E-state index in [0.29, 0.717) is 6.04 Å². The van der Waals surface area contributed by atoms with Crippen LogP contribution in [0.1, 0.15) is 34.1 Å². The molecule has 0 bridgehead atoms. The lowest BCUT2D eigenvalue weighted by Gasteiger charge is -2.29. The summed E-state index contributed by atoms with van der Waals surface area (Å²) in [6.07, 6.45) is 2.51. The summed E-state index contributed by atoms with van der Waals surface area (Å²) >= 11 is 0. The first-order chi connectivity index (χ1) is 13.3. The predicted molar refractivity (Wildman–Crippen MR) is 114 cm³/mol. The number of nitrogens with zero attached hydrogens (tertiary/aromatic N) is 3. The Labute approximate surface area is 168 Å². The molecule has 0 spiro atoms. The maximum atomic E-state index is 13.0. The van der Waals surface area contributed by atoms with Gasteiger partial charge in [0.15, 0.2) is 0 Å². The first kappa shape index (κ1) is 20.6. The maximum Gasteiger partial charge on any atom is 0.245 e. The van der Waals surface area contributed by atoms with E-state index in [1.807, 2.05) is 52.0 Å². The predicted octanol–water partition coefficient (Wildman–Crippen LogP) is 3.58. The topological polar surface area (TPSA) is 65.5 Å². The Morgan fingerprint density at radius 3 is 2.32 bits per heavy atom. The summed E-state index contributed by atoms with van der Waals surface area (Å²) < 4.78 is 27.5. The van der Waals surface area contributed by atoms with Crippen LogP contribution in [0.2, 0.25) is 0 Å². The van der Waals surface area contributed by atoms with Crippen molar-refractivity contribution in [1.82, 2.24) is 9.29 Å². The quantitative estimate of drug-likeness (QED) is 0.767. The number of nitrogens with one attached hydrogen (secondary N) is 1. The summed E-state index contributed by atoms with van der Waals surface area (Å²) in [6, 6.07) is 13.8. The van der Waals surface area contributed by atoms with E-state index in [2.05, 4.69) is 27.3 Å². The van der Waals surface area contributed by atoms with Gasteiger partial charge in [0.05, 0.1) is 0 Å². The highest BCUT2D eigenvalue weighted by Gasteiger charge is 2.30. The molecule has 28 heavy (non-hydrogen) atoms. The Kier molecular flexibility index (Phi) is 6.25. The van der Waals surface area contributed by atoms with Gasteiger partial charge in [-0.3, -0.25) is 0 Å². The molecule has 0 saturated carbocycles. The molecule has 2 heterocycles. The lowest BCUT2D eigenvalue weighted by molar-refractivity contribution is 0.302. The molecule has 1 aliphatic heterocycles. The number of para-hydroxylation sites is 1. The molecule has 1 N–H and O–H groups in total. The van der Waals surface area contributed by atoms with Gasteiger partial charge in [-0.15, -0.1) is 0 Å². The molecule has 2 aromatic rings. The van der Waals surface area contributed by atoms with Crippen molar-refractivity contribution in [2.45, 2.75) is 57.1 Å². The Morgan fingerprint density at radius 2 is 1.75 bits per heavy atom.